The molecule has 0 aliphatic heterocycles. The molecule has 20 heavy (non-hydrogen) atoms. The van der Waals surface area contributed by atoms with Crippen LogP contribution in [0.4, 0.5) is 0 Å². The van der Waals surface area contributed by atoms with Crippen LogP contribution in [0.15, 0.2) is 36.4 Å². The molecular weight excluding hydrogens is 260 g/mol. The van der Waals surface area contributed by atoms with Crippen LogP contribution in [0.2, 0.25) is 0 Å². The Kier molecular flexibility index (Phi) is 5.20. The summed E-state index contributed by atoms with van der Waals surface area (Å²) in [6.45, 7) is 7.71. The molecule has 0 aliphatic carbocycles. The summed E-state index contributed by atoms with van der Waals surface area (Å²) in [5, 5.41) is 0. The molecule has 1 atom stereocenters. The minimum Gasteiger partial charge on any atom is -0.439 e. The second-order valence-corrected chi connectivity index (χ2v) is 4.36. The number of para-hydroxylation sites is 1. The molecule has 1 unspecified atom stereocenters. The number of carbonyl (C=O) groups excluding carboxylic acids is 3. The van der Waals surface area contributed by atoms with Crippen LogP contribution in [0.5, 0.6) is 5.75 Å². The smallest absolute Gasteiger partial charge is 0.360 e. The van der Waals surface area contributed by atoms with E-state index in [4.69, 9.17) is 9.47 Å². The van der Waals surface area contributed by atoms with Crippen LogP contribution in [0.25, 0.3) is 0 Å². The van der Waals surface area contributed by atoms with Gasteiger partial charge in [0.2, 0.25) is 0 Å². The van der Waals surface area contributed by atoms with E-state index < -0.39 is 23.8 Å². The van der Waals surface area contributed by atoms with Gasteiger partial charge >= 0.3 is 11.9 Å². The summed E-state index contributed by atoms with van der Waals surface area (Å²) < 4.78 is 9.87. The molecule has 5 nitrogen and oxygen atoms in total. The first-order valence-corrected chi connectivity index (χ1v) is 5.97. The lowest BCUT2D eigenvalue weighted by Gasteiger charge is -2.14. The molecule has 5 heteroatoms. The van der Waals surface area contributed by atoms with Crippen LogP contribution in [-0.4, -0.2) is 23.8 Å². The topological polar surface area (TPSA) is 69.7 Å². The van der Waals surface area contributed by atoms with Gasteiger partial charge in [0.05, 0.1) is 0 Å². The largest absolute Gasteiger partial charge is 0.439 e. The Labute approximate surface area is 117 Å². The molecule has 0 heterocycles. The zero-order valence-corrected chi connectivity index (χ0v) is 11.6. The summed E-state index contributed by atoms with van der Waals surface area (Å²) >= 11 is 0. The average molecular weight is 276 g/mol. The Balaban J connectivity index is 2.85. The predicted octanol–water partition coefficient (Wildman–Crippen LogP) is 1.98. The van der Waals surface area contributed by atoms with Gasteiger partial charge in [-0.1, -0.05) is 24.8 Å². The average Bonchev–Trinajstić information content (AvgIpc) is 2.37. The van der Waals surface area contributed by atoms with Gasteiger partial charge in [-0.2, -0.15) is 0 Å². The Morgan fingerprint density at radius 2 is 1.75 bits per heavy atom. The van der Waals surface area contributed by atoms with E-state index in [-0.39, 0.29) is 5.57 Å². The van der Waals surface area contributed by atoms with Crippen molar-refractivity contribution in [2.24, 2.45) is 0 Å². The second-order valence-electron chi connectivity index (χ2n) is 4.36. The number of hydrogen-bond acceptors (Lipinski definition) is 5. The van der Waals surface area contributed by atoms with Crippen molar-refractivity contribution >= 4 is 17.7 Å². The minimum atomic E-state index is -1.58. The highest BCUT2D eigenvalue weighted by Gasteiger charge is 2.30. The van der Waals surface area contributed by atoms with E-state index in [1.165, 1.54) is 6.92 Å². The van der Waals surface area contributed by atoms with Crippen molar-refractivity contribution in [2.45, 2.75) is 26.9 Å². The van der Waals surface area contributed by atoms with Gasteiger partial charge in [-0.3, -0.25) is 4.79 Å². The lowest BCUT2D eigenvalue weighted by Crippen LogP contribution is -2.37. The number of aryl methyl sites for hydroxylation is 1. The summed E-state index contributed by atoms with van der Waals surface area (Å²) in [4.78, 5) is 34.7. The highest BCUT2D eigenvalue weighted by Crippen LogP contribution is 2.17. The van der Waals surface area contributed by atoms with E-state index in [0.717, 1.165) is 12.5 Å². The van der Waals surface area contributed by atoms with Gasteiger partial charge in [-0.25, -0.2) is 9.59 Å². The fourth-order valence-corrected chi connectivity index (χ4v) is 1.34. The molecule has 0 N–H and O–H groups in total. The molecule has 106 valence electrons. The molecule has 0 spiro atoms. The number of hydrogen-bond donors (Lipinski definition) is 0. The number of rotatable bonds is 5. The molecular formula is C15H16O5. The first kappa shape index (κ1) is 15.6. The maximum Gasteiger partial charge on any atom is 0.360 e. The summed E-state index contributed by atoms with van der Waals surface area (Å²) in [5.74, 6) is -2.04. The monoisotopic (exact) mass is 276 g/mol. The molecule has 0 aliphatic rings. The van der Waals surface area contributed by atoms with Crippen LogP contribution in [0.3, 0.4) is 0 Å². The second kappa shape index (κ2) is 6.65. The number of benzene rings is 1. The zero-order chi connectivity index (χ0) is 15.3. The Hall–Kier alpha value is -2.43. The van der Waals surface area contributed by atoms with Crippen molar-refractivity contribution in [1.29, 1.82) is 0 Å². The first-order valence-electron chi connectivity index (χ1n) is 5.97. The molecule has 1 aromatic rings. The summed E-state index contributed by atoms with van der Waals surface area (Å²) in [5.41, 5.74) is 0.828. The molecule has 0 amide bonds. The van der Waals surface area contributed by atoms with Gasteiger partial charge in [0.25, 0.3) is 6.10 Å². The van der Waals surface area contributed by atoms with Gasteiger partial charge in [0.1, 0.15) is 5.75 Å². The summed E-state index contributed by atoms with van der Waals surface area (Å²) in [6, 6.07) is 6.82. The van der Waals surface area contributed by atoms with Gasteiger partial charge in [0, 0.05) is 5.57 Å². The molecule has 1 rings (SSSR count). The number of esters is 2. The van der Waals surface area contributed by atoms with E-state index in [0.29, 0.717) is 5.75 Å². The first-order chi connectivity index (χ1) is 9.32. The van der Waals surface area contributed by atoms with E-state index in [1.807, 2.05) is 0 Å². The van der Waals surface area contributed by atoms with Crippen molar-refractivity contribution in [3.63, 3.8) is 0 Å². The van der Waals surface area contributed by atoms with Gasteiger partial charge in [-0.05, 0) is 32.4 Å². The van der Waals surface area contributed by atoms with Crippen molar-refractivity contribution in [2.75, 3.05) is 0 Å². The van der Waals surface area contributed by atoms with Gasteiger partial charge < -0.3 is 9.47 Å². The quantitative estimate of drug-likeness (QED) is 0.356. The summed E-state index contributed by atoms with van der Waals surface area (Å²) in [7, 11) is 0. The van der Waals surface area contributed by atoms with Crippen LogP contribution in [-0.2, 0) is 19.1 Å². The van der Waals surface area contributed by atoms with E-state index >= 15 is 0 Å². The molecule has 0 aromatic heterocycles. The number of Topliss-reactive ketones (excluding diaryl/α,β-unsaturated/α-hetero) is 1. The predicted molar refractivity (Wildman–Crippen MR) is 72.2 cm³/mol. The maximum atomic E-state index is 11.9. The molecule has 0 saturated carbocycles. The van der Waals surface area contributed by atoms with Crippen LogP contribution < -0.4 is 4.74 Å². The maximum absolute atomic E-state index is 11.9. The lowest BCUT2D eigenvalue weighted by molar-refractivity contribution is -0.163. The van der Waals surface area contributed by atoms with E-state index in [1.54, 1.807) is 31.2 Å². The standard InChI is InChI=1S/C15H16O5/c1-9(2)14(17)20-13(11(4)16)15(18)19-12-8-6-5-7-10(12)3/h5-8,13H,1H2,2-4H3. The Bertz CT molecular complexity index is 559. The zero-order valence-electron chi connectivity index (χ0n) is 11.6. The SMILES string of the molecule is C=C(C)C(=O)OC(C(C)=O)C(=O)Oc1ccccc1C. The van der Waals surface area contributed by atoms with Crippen molar-refractivity contribution in [3.8, 4) is 5.75 Å². The number of ether oxygens (including phenoxy) is 2. The van der Waals surface area contributed by atoms with Crippen molar-refractivity contribution in [3.05, 3.63) is 42.0 Å². The molecule has 0 fully saturated rings. The normalized spacial score (nSPS) is 11.3. The Morgan fingerprint density at radius 1 is 1.15 bits per heavy atom. The highest BCUT2D eigenvalue weighted by molar-refractivity contribution is 6.04. The van der Waals surface area contributed by atoms with E-state index in [2.05, 4.69) is 6.58 Å². The third kappa shape index (κ3) is 4.05. The van der Waals surface area contributed by atoms with Crippen LogP contribution in [0.1, 0.15) is 19.4 Å². The minimum absolute atomic E-state index is 0.0972. The molecule has 0 bridgehead atoms. The van der Waals surface area contributed by atoms with Crippen molar-refractivity contribution in [1.82, 2.24) is 0 Å². The fraction of sp³-hybridized carbons (Fsp3) is 0.267. The van der Waals surface area contributed by atoms with Gasteiger partial charge in [0.15, 0.2) is 5.78 Å². The fourth-order valence-electron chi connectivity index (χ4n) is 1.34. The number of ketones is 1. The third-order valence-electron chi connectivity index (χ3n) is 2.46. The molecule has 0 saturated heterocycles. The molecule has 1 aromatic carbocycles. The van der Waals surface area contributed by atoms with Gasteiger partial charge in [-0.15, -0.1) is 0 Å². The molecule has 0 radical (unpaired) electrons. The van der Waals surface area contributed by atoms with Crippen molar-refractivity contribution < 1.29 is 23.9 Å². The Morgan fingerprint density at radius 3 is 2.25 bits per heavy atom. The third-order valence-corrected chi connectivity index (χ3v) is 2.46. The highest BCUT2D eigenvalue weighted by atomic mass is 16.6. The van der Waals surface area contributed by atoms with Crippen LogP contribution in [0, 0.1) is 6.92 Å². The van der Waals surface area contributed by atoms with Crippen LogP contribution >= 0.6 is 0 Å². The number of carbonyl (C=O) groups is 3. The summed E-state index contributed by atoms with van der Waals surface area (Å²) in [6.07, 6.45) is -1.58. The van der Waals surface area contributed by atoms with E-state index in [9.17, 15) is 14.4 Å². The lowest BCUT2D eigenvalue weighted by atomic mass is 10.2.